The Morgan fingerprint density at radius 2 is 2.05 bits per heavy atom. The number of amides is 2. The van der Waals surface area contributed by atoms with Gasteiger partial charge in [-0.15, -0.1) is 11.6 Å². The molecule has 0 saturated heterocycles. The van der Waals surface area contributed by atoms with Crippen molar-refractivity contribution >= 4 is 29.1 Å². The molecule has 0 aliphatic rings. The molecule has 1 rings (SSSR count). The first-order chi connectivity index (χ1) is 9.69. The molecule has 110 valence electrons. The van der Waals surface area contributed by atoms with Gasteiger partial charge in [0.05, 0.1) is 17.9 Å². The molecule has 2 N–H and O–H groups in total. The van der Waals surface area contributed by atoms with Crippen molar-refractivity contribution in [3.05, 3.63) is 29.8 Å². The zero-order valence-corrected chi connectivity index (χ0v) is 12.2. The number of hydrogen-bond donors (Lipinski definition) is 2. The van der Waals surface area contributed by atoms with Gasteiger partial charge in [0.2, 0.25) is 5.91 Å². The van der Waals surface area contributed by atoms with Crippen LogP contribution >= 0.6 is 11.6 Å². The van der Waals surface area contributed by atoms with Crippen molar-refractivity contribution in [2.45, 2.75) is 12.8 Å². The van der Waals surface area contributed by atoms with Gasteiger partial charge >= 0.3 is 0 Å². The lowest BCUT2D eigenvalue weighted by molar-refractivity contribution is -0.116. The minimum atomic E-state index is -0.240. The van der Waals surface area contributed by atoms with Crippen molar-refractivity contribution in [2.75, 3.05) is 31.5 Å². The highest BCUT2D eigenvalue weighted by Gasteiger charge is 2.12. The first-order valence-electron chi connectivity index (χ1n) is 6.41. The van der Waals surface area contributed by atoms with Gasteiger partial charge in [0, 0.05) is 26.0 Å². The molecule has 0 aliphatic heterocycles. The number of para-hydroxylation sites is 1. The average molecular weight is 299 g/mol. The Morgan fingerprint density at radius 3 is 2.75 bits per heavy atom. The molecule has 0 fully saturated rings. The molecule has 1 aromatic carbocycles. The number of carbonyl (C=O) groups excluding carboxylic acids is 2. The normalized spacial score (nSPS) is 10.1. The van der Waals surface area contributed by atoms with Gasteiger partial charge in [-0.2, -0.15) is 0 Å². The molecule has 0 aromatic heterocycles. The van der Waals surface area contributed by atoms with E-state index in [4.69, 9.17) is 16.3 Å². The van der Waals surface area contributed by atoms with Gasteiger partial charge in [0.15, 0.2) is 0 Å². The maximum absolute atomic E-state index is 12.0. The summed E-state index contributed by atoms with van der Waals surface area (Å²) < 4.78 is 4.87. The summed E-state index contributed by atoms with van der Waals surface area (Å²) in [5, 5.41) is 5.45. The van der Waals surface area contributed by atoms with Crippen molar-refractivity contribution in [1.82, 2.24) is 5.32 Å². The number of carbonyl (C=O) groups is 2. The Morgan fingerprint density at radius 1 is 1.30 bits per heavy atom. The summed E-state index contributed by atoms with van der Waals surface area (Å²) in [5.74, 6) is 0.0464. The van der Waals surface area contributed by atoms with Crippen LogP contribution in [-0.4, -0.2) is 38.0 Å². The van der Waals surface area contributed by atoms with Crippen LogP contribution in [0, 0.1) is 0 Å². The molecule has 0 atom stereocenters. The smallest absolute Gasteiger partial charge is 0.253 e. The molecule has 1 aromatic rings. The highest BCUT2D eigenvalue weighted by Crippen LogP contribution is 2.15. The van der Waals surface area contributed by atoms with E-state index in [9.17, 15) is 9.59 Å². The molecular weight excluding hydrogens is 280 g/mol. The van der Waals surface area contributed by atoms with Crippen molar-refractivity contribution in [3.63, 3.8) is 0 Å². The Balaban J connectivity index is 2.67. The fourth-order valence-electron chi connectivity index (χ4n) is 1.59. The van der Waals surface area contributed by atoms with Gasteiger partial charge < -0.3 is 15.4 Å². The van der Waals surface area contributed by atoms with Crippen LogP contribution in [-0.2, 0) is 9.53 Å². The van der Waals surface area contributed by atoms with Gasteiger partial charge in [0.1, 0.15) is 0 Å². The van der Waals surface area contributed by atoms with Crippen LogP contribution in [0.3, 0.4) is 0 Å². The van der Waals surface area contributed by atoms with E-state index >= 15 is 0 Å². The van der Waals surface area contributed by atoms with E-state index in [2.05, 4.69) is 10.6 Å². The summed E-state index contributed by atoms with van der Waals surface area (Å²) in [6.45, 7) is 0.861. The Hall–Kier alpha value is -1.59. The third kappa shape index (κ3) is 5.59. The average Bonchev–Trinajstić information content (AvgIpc) is 2.46. The number of alkyl halides is 1. The fourth-order valence-corrected chi connectivity index (χ4v) is 1.73. The first-order valence-corrected chi connectivity index (χ1v) is 6.94. The molecule has 0 radical (unpaired) electrons. The highest BCUT2D eigenvalue weighted by molar-refractivity contribution is 6.18. The number of hydrogen-bond acceptors (Lipinski definition) is 3. The number of ether oxygens (including phenoxy) is 1. The number of nitrogens with one attached hydrogen (secondary N) is 2. The predicted octanol–water partition coefficient (Wildman–Crippen LogP) is 2.02. The van der Waals surface area contributed by atoms with Gasteiger partial charge in [-0.3, -0.25) is 9.59 Å². The van der Waals surface area contributed by atoms with Crippen molar-refractivity contribution in [1.29, 1.82) is 0 Å². The lowest BCUT2D eigenvalue weighted by Crippen LogP contribution is -2.28. The zero-order valence-electron chi connectivity index (χ0n) is 11.4. The number of benzene rings is 1. The summed E-state index contributed by atoms with van der Waals surface area (Å²) in [6.07, 6.45) is 0.943. The second-order valence-corrected chi connectivity index (χ2v) is 4.51. The molecular formula is C14H19ClN2O3. The summed E-state index contributed by atoms with van der Waals surface area (Å²) in [7, 11) is 1.57. The largest absolute Gasteiger partial charge is 0.383 e. The van der Waals surface area contributed by atoms with Crippen molar-refractivity contribution < 1.29 is 14.3 Å². The standard InChI is InChI=1S/C14H19ClN2O3/c1-20-10-9-16-14(19)11-5-2-3-6-12(11)17-13(18)7-4-8-15/h2-3,5-6H,4,7-10H2,1H3,(H,16,19)(H,17,18). The minimum Gasteiger partial charge on any atom is -0.383 e. The molecule has 20 heavy (non-hydrogen) atoms. The third-order valence-electron chi connectivity index (χ3n) is 2.57. The number of halogens is 1. The molecule has 0 bridgehead atoms. The van der Waals surface area contributed by atoms with E-state index in [1.54, 1.807) is 31.4 Å². The Labute approximate surface area is 123 Å². The molecule has 6 heteroatoms. The van der Waals surface area contributed by atoms with Crippen LogP contribution in [0.25, 0.3) is 0 Å². The van der Waals surface area contributed by atoms with Crippen LogP contribution in [0.4, 0.5) is 5.69 Å². The predicted molar refractivity (Wildman–Crippen MR) is 79.2 cm³/mol. The first kappa shape index (κ1) is 16.5. The number of methoxy groups -OCH3 is 1. The molecule has 0 aliphatic carbocycles. The fraction of sp³-hybridized carbons (Fsp3) is 0.429. The third-order valence-corrected chi connectivity index (χ3v) is 2.84. The molecule has 0 saturated carbocycles. The lowest BCUT2D eigenvalue weighted by atomic mass is 10.1. The quantitative estimate of drug-likeness (QED) is 0.570. The summed E-state index contributed by atoms with van der Waals surface area (Å²) in [6, 6.07) is 6.88. The Bertz CT molecular complexity index is 452. The van der Waals surface area contributed by atoms with E-state index in [-0.39, 0.29) is 11.8 Å². The second kappa shape index (κ2) is 9.34. The molecule has 5 nitrogen and oxygen atoms in total. The summed E-state index contributed by atoms with van der Waals surface area (Å²) in [4.78, 5) is 23.7. The van der Waals surface area contributed by atoms with E-state index in [1.165, 1.54) is 0 Å². The maximum atomic E-state index is 12.0. The van der Waals surface area contributed by atoms with Crippen LogP contribution in [0.1, 0.15) is 23.2 Å². The Kier molecular flexibility index (Phi) is 7.69. The number of rotatable bonds is 8. The van der Waals surface area contributed by atoms with E-state index in [1.807, 2.05) is 0 Å². The zero-order chi connectivity index (χ0) is 14.8. The number of anilines is 1. The molecule has 0 spiro atoms. The van der Waals surface area contributed by atoms with Gasteiger partial charge in [0.25, 0.3) is 5.91 Å². The summed E-state index contributed by atoms with van der Waals surface area (Å²) >= 11 is 5.55. The van der Waals surface area contributed by atoms with Crippen molar-refractivity contribution in [3.8, 4) is 0 Å². The van der Waals surface area contributed by atoms with Crippen LogP contribution in [0.5, 0.6) is 0 Å². The van der Waals surface area contributed by atoms with Gasteiger partial charge in [-0.25, -0.2) is 0 Å². The van der Waals surface area contributed by atoms with E-state index in [0.717, 1.165) is 0 Å². The van der Waals surface area contributed by atoms with Crippen LogP contribution in [0.2, 0.25) is 0 Å². The second-order valence-electron chi connectivity index (χ2n) is 4.13. The van der Waals surface area contributed by atoms with Crippen molar-refractivity contribution in [2.24, 2.45) is 0 Å². The van der Waals surface area contributed by atoms with Gasteiger partial charge in [-0.1, -0.05) is 12.1 Å². The SMILES string of the molecule is COCCNC(=O)c1ccccc1NC(=O)CCCCl. The molecule has 2 amide bonds. The van der Waals surface area contributed by atoms with Crippen LogP contribution < -0.4 is 10.6 Å². The minimum absolute atomic E-state index is 0.150. The molecule has 0 unspecified atom stereocenters. The topological polar surface area (TPSA) is 67.4 Å². The monoisotopic (exact) mass is 298 g/mol. The van der Waals surface area contributed by atoms with E-state index in [0.29, 0.717) is 43.1 Å². The van der Waals surface area contributed by atoms with Gasteiger partial charge in [-0.05, 0) is 18.6 Å². The molecule has 0 heterocycles. The highest BCUT2D eigenvalue weighted by atomic mass is 35.5. The van der Waals surface area contributed by atoms with E-state index < -0.39 is 0 Å². The maximum Gasteiger partial charge on any atom is 0.253 e. The lowest BCUT2D eigenvalue weighted by Gasteiger charge is -2.11. The van der Waals surface area contributed by atoms with Crippen LogP contribution in [0.15, 0.2) is 24.3 Å². The summed E-state index contributed by atoms with van der Waals surface area (Å²) in [5.41, 5.74) is 0.935.